The quantitative estimate of drug-likeness (QED) is 0.446. The molecule has 1 N–H and O–H groups in total. The minimum absolute atomic E-state index is 0.0616. The topological polar surface area (TPSA) is 66.7 Å². The van der Waals surface area contributed by atoms with Crippen molar-refractivity contribution in [3.8, 4) is 11.3 Å². The third kappa shape index (κ3) is 4.55. The lowest BCUT2D eigenvalue weighted by molar-refractivity contribution is -0.115. The third-order valence-electron chi connectivity index (χ3n) is 4.38. The molecule has 4 rings (SSSR count). The van der Waals surface area contributed by atoms with Crippen LogP contribution in [0.5, 0.6) is 0 Å². The maximum atomic E-state index is 12.6. The lowest BCUT2D eigenvalue weighted by Crippen LogP contribution is -2.16. The molecular weight excluding hydrogens is 416 g/mol. The first-order valence-corrected chi connectivity index (χ1v) is 11.0. The molecule has 2 aromatic carbocycles. The molecule has 2 heterocycles. The Bertz CT molecular complexity index is 1200. The molecule has 0 atom stereocenters. The van der Waals surface area contributed by atoms with E-state index in [0.717, 1.165) is 38.6 Å². The molecule has 30 heavy (non-hydrogen) atoms. The number of amides is 2. The molecule has 0 radical (unpaired) electrons. The number of hydrogen-bond acceptors (Lipinski definition) is 5. The first-order chi connectivity index (χ1) is 14.5. The summed E-state index contributed by atoms with van der Waals surface area (Å²) in [4.78, 5) is 32.3. The van der Waals surface area contributed by atoms with Crippen molar-refractivity contribution in [2.75, 3.05) is 19.4 Å². The van der Waals surface area contributed by atoms with Gasteiger partial charge >= 0.3 is 0 Å². The summed E-state index contributed by atoms with van der Waals surface area (Å²) < 4.78 is 1.97. The van der Waals surface area contributed by atoms with Crippen LogP contribution in [0.1, 0.15) is 5.69 Å². The molecule has 0 aliphatic rings. The zero-order chi connectivity index (χ0) is 21.1. The summed E-state index contributed by atoms with van der Waals surface area (Å²) in [5, 5.41) is 4.82. The van der Waals surface area contributed by atoms with Gasteiger partial charge in [-0.1, -0.05) is 36.4 Å². The molecule has 0 aliphatic carbocycles. The van der Waals surface area contributed by atoms with Crippen LogP contribution in [0.3, 0.4) is 0 Å². The second kappa shape index (κ2) is 8.73. The predicted molar refractivity (Wildman–Crippen MR) is 122 cm³/mol. The highest BCUT2D eigenvalue weighted by molar-refractivity contribution is 8.13. The van der Waals surface area contributed by atoms with Crippen LogP contribution in [-0.2, 0) is 11.2 Å². The van der Waals surface area contributed by atoms with Gasteiger partial charge in [0.25, 0.3) is 5.24 Å². The van der Waals surface area contributed by atoms with Crippen molar-refractivity contribution in [3.05, 3.63) is 71.9 Å². The van der Waals surface area contributed by atoms with Gasteiger partial charge in [0.2, 0.25) is 5.91 Å². The van der Waals surface area contributed by atoms with Crippen LogP contribution < -0.4 is 5.32 Å². The number of carbonyl (C=O) groups excluding carboxylic acids is 2. The van der Waals surface area contributed by atoms with Crippen molar-refractivity contribution in [2.24, 2.45) is 0 Å². The van der Waals surface area contributed by atoms with Crippen LogP contribution in [0.4, 0.5) is 10.5 Å². The number of fused-ring (bicyclic) bond motifs is 1. The molecule has 2 aromatic heterocycles. The van der Waals surface area contributed by atoms with Crippen LogP contribution in [-0.4, -0.2) is 39.5 Å². The Morgan fingerprint density at radius 3 is 2.70 bits per heavy atom. The van der Waals surface area contributed by atoms with E-state index in [1.807, 2.05) is 64.5 Å². The largest absolute Gasteiger partial charge is 0.339 e. The number of thioether (sulfide) groups is 1. The molecule has 4 aromatic rings. The molecule has 0 fully saturated rings. The van der Waals surface area contributed by atoms with Crippen LogP contribution in [0.2, 0.25) is 0 Å². The number of carbonyl (C=O) groups is 2. The maximum absolute atomic E-state index is 12.6. The van der Waals surface area contributed by atoms with Crippen LogP contribution in [0.15, 0.2) is 71.1 Å². The second-order valence-electron chi connectivity index (χ2n) is 6.89. The second-order valence-corrected chi connectivity index (χ2v) is 8.75. The number of rotatable bonds is 5. The van der Waals surface area contributed by atoms with E-state index in [1.54, 1.807) is 20.2 Å². The fraction of sp³-hybridized carbons (Fsp3) is 0.136. The lowest BCUT2D eigenvalue weighted by atomic mass is 10.2. The third-order valence-corrected chi connectivity index (χ3v) is 6.30. The van der Waals surface area contributed by atoms with Crippen LogP contribution in [0, 0.1) is 0 Å². The summed E-state index contributed by atoms with van der Waals surface area (Å²) in [5.41, 5.74) is 3.49. The van der Waals surface area contributed by atoms with E-state index in [9.17, 15) is 9.59 Å². The Morgan fingerprint density at radius 2 is 1.93 bits per heavy atom. The molecule has 2 amide bonds. The highest BCUT2D eigenvalue weighted by atomic mass is 32.2. The number of nitrogens with one attached hydrogen (secondary N) is 1. The van der Waals surface area contributed by atoms with Crippen LogP contribution >= 0.6 is 23.1 Å². The molecule has 8 heteroatoms. The smallest absolute Gasteiger partial charge is 0.285 e. The fourth-order valence-electron chi connectivity index (χ4n) is 2.90. The van der Waals surface area contributed by atoms with E-state index in [-0.39, 0.29) is 17.6 Å². The van der Waals surface area contributed by atoms with Gasteiger partial charge in [0.15, 0.2) is 4.96 Å². The van der Waals surface area contributed by atoms with E-state index < -0.39 is 0 Å². The molecule has 0 unspecified atom stereocenters. The minimum atomic E-state index is -0.120. The van der Waals surface area contributed by atoms with Gasteiger partial charge in [0.05, 0.1) is 12.1 Å². The van der Waals surface area contributed by atoms with Crippen molar-refractivity contribution in [2.45, 2.75) is 11.3 Å². The molecule has 0 saturated heterocycles. The molecule has 152 valence electrons. The zero-order valence-corrected chi connectivity index (χ0v) is 18.2. The van der Waals surface area contributed by atoms with Gasteiger partial charge in [-0.3, -0.25) is 14.0 Å². The van der Waals surface area contributed by atoms with Gasteiger partial charge in [-0.2, -0.15) is 0 Å². The average Bonchev–Trinajstić information content (AvgIpc) is 3.31. The number of aromatic nitrogens is 2. The number of nitrogens with zero attached hydrogens (tertiary/aromatic N) is 3. The van der Waals surface area contributed by atoms with E-state index >= 15 is 0 Å². The SMILES string of the molecule is CN(C)C(=O)Sc1cccc(NC(=O)Cc2csc3nc(-c4ccccc4)cn23)c1. The number of thiazole rings is 1. The van der Waals surface area contributed by atoms with Crippen molar-refractivity contribution < 1.29 is 9.59 Å². The Kier molecular flexibility index (Phi) is 5.87. The first-order valence-electron chi connectivity index (χ1n) is 9.29. The van der Waals surface area contributed by atoms with Crippen molar-refractivity contribution >= 4 is 44.9 Å². The first kappa shape index (κ1) is 20.2. The normalized spacial score (nSPS) is 10.9. The fourth-order valence-corrected chi connectivity index (χ4v) is 4.49. The Labute approximate surface area is 182 Å². The van der Waals surface area contributed by atoms with E-state index in [1.165, 1.54) is 16.2 Å². The van der Waals surface area contributed by atoms with Gasteiger partial charge in [-0.15, -0.1) is 11.3 Å². The van der Waals surface area contributed by atoms with Crippen molar-refractivity contribution in [1.29, 1.82) is 0 Å². The highest BCUT2D eigenvalue weighted by Crippen LogP contribution is 2.25. The van der Waals surface area contributed by atoms with E-state index in [2.05, 4.69) is 10.3 Å². The summed E-state index contributed by atoms with van der Waals surface area (Å²) >= 11 is 2.64. The number of imidazole rings is 1. The number of hydrogen-bond donors (Lipinski definition) is 1. The molecule has 0 saturated carbocycles. The molecular formula is C22H20N4O2S2. The van der Waals surface area contributed by atoms with Gasteiger partial charge < -0.3 is 10.2 Å². The molecule has 6 nitrogen and oxygen atoms in total. The molecule has 0 bridgehead atoms. The summed E-state index contributed by atoms with van der Waals surface area (Å²) in [7, 11) is 3.42. The monoisotopic (exact) mass is 436 g/mol. The standard InChI is InChI=1S/C22H20N4O2S2/c1-25(2)22(28)30-18-10-6-9-16(11-18)23-20(27)12-17-14-29-21-24-19(13-26(17)21)15-7-4-3-5-8-15/h3-11,13-14H,12H2,1-2H3,(H,23,27). The van der Waals surface area contributed by atoms with Crippen molar-refractivity contribution in [1.82, 2.24) is 14.3 Å². The summed E-state index contributed by atoms with van der Waals surface area (Å²) in [6.07, 6.45) is 2.20. The Morgan fingerprint density at radius 1 is 1.13 bits per heavy atom. The van der Waals surface area contributed by atoms with Gasteiger partial charge in [0, 0.05) is 47.5 Å². The zero-order valence-electron chi connectivity index (χ0n) is 16.5. The molecule has 0 aliphatic heterocycles. The van der Waals surface area contributed by atoms with Crippen LogP contribution in [0.25, 0.3) is 16.2 Å². The van der Waals surface area contributed by atoms with E-state index in [0.29, 0.717) is 5.69 Å². The van der Waals surface area contributed by atoms with Gasteiger partial charge in [0.1, 0.15) is 0 Å². The summed E-state index contributed by atoms with van der Waals surface area (Å²) in [6, 6.07) is 17.3. The number of benzene rings is 2. The summed E-state index contributed by atoms with van der Waals surface area (Å²) in [6.45, 7) is 0. The summed E-state index contributed by atoms with van der Waals surface area (Å²) in [5.74, 6) is -0.120. The van der Waals surface area contributed by atoms with E-state index in [4.69, 9.17) is 0 Å². The Balaban J connectivity index is 1.46. The van der Waals surface area contributed by atoms with Gasteiger partial charge in [-0.05, 0) is 30.0 Å². The minimum Gasteiger partial charge on any atom is -0.339 e. The maximum Gasteiger partial charge on any atom is 0.285 e. The Hall–Kier alpha value is -3.10. The van der Waals surface area contributed by atoms with Crippen molar-refractivity contribution in [3.63, 3.8) is 0 Å². The lowest BCUT2D eigenvalue weighted by Gasteiger charge is -2.10. The average molecular weight is 437 g/mol. The molecule has 0 spiro atoms. The highest BCUT2D eigenvalue weighted by Gasteiger charge is 2.13. The van der Waals surface area contributed by atoms with Gasteiger partial charge in [-0.25, -0.2) is 4.98 Å². The number of anilines is 1. The predicted octanol–water partition coefficient (Wildman–Crippen LogP) is 5.02.